The molecule has 2 N–H and O–H groups in total. The molecule has 0 saturated heterocycles. The molecule has 0 spiro atoms. The Morgan fingerprint density at radius 3 is 2.33 bits per heavy atom. The van der Waals surface area contributed by atoms with E-state index < -0.39 is 11.4 Å². The van der Waals surface area contributed by atoms with Crippen LogP contribution in [0.1, 0.15) is 40.0 Å². The highest BCUT2D eigenvalue weighted by molar-refractivity contribution is 6.00. The predicted molar refractivity (Wildman–Crippen MR) is 54.8 cm³/mol. The summed E-state index contributed by atoms with van der Waals surface area (Å²) in [5.41, 5.74) is -0.429. The number of aliphatic carboxylic acids is 1. The van der Waals surface area contributed by atoms with Crippen LogP contribution in [0.4, 0.5) is 0 Å². The summed E-state index contributed by atoms with van der Waals surface area (Å²) in [4.78, 5) is 11.4. The third kappa shape index (κ3) is 0.840. The van der Waals surface area contributed by atoms with Crippen LogP contribution in [0.25, 0.3) is 0 Å². The maximum Gasteiger partial charge on any atom is 0.0485 e. The molecule has 0 aromatic heterocycles. The van der Waals surface area contributed by atoms with Crippen LogP contribution < -0.4 is 10.9 Å². The molecule has 0 radical (unpaired) electrons. The predicted octanol–water partition coefficient (Wildman–Crippen LogP) is 0.267. The smallest absolute Gasteiger partial charge is 0.0485 e. The molecule has 2 bridgehead atoms. The van der Waals surface area contributed by atoms with E-state index in [4.69, 9.17) is 5.84 Å². The summed E-state index contributed by atoms with van der Waals surface area (Å²) in [6.07, 6.45) is 1.97. The van der Waals surface area contributed by atoms with Crippen LogP contribution in [-0.2, 0) is 4.79 Å². The monoisotopic (exact) mass is 209 g/mol. The van der Waals surface area contributed by atoms with Gasteiger partial charge in [0.25, 0.3) is 0 Å². The third-order valence-corrected chi connectivity index (χ3v) is 5.28. The lowest BCUT2D eigenvalue weighted by molar-refractivity contribution is -0.323. The molecule has 0 aliphatic heterocycles. The van der Waals surface area contributed by atoms with E-state index >= 15 is 0 Å². The van der Waals surface area contributed by atoms with Gasteiger partial charge in [-0.15, -0.1) is 0 Å². The van der Waals surface area contributed by atoms with Crippen LogP contribution in [0, 0.1) is 16.2 Å². The van der Waals surface area contributed by atoms with Crippen LogP contribution in [0.5, 0.6) is 0 Å². The average Bonchev–Trinajstić information content (AvgIpc) is 2.46. The average molecular weight is 209 g/mol. The fourth-order valence-corrected chi connectivity index (χ4v) is 3.53. The van der Waals surface area contributed by atoms with Gasteiger partial charge in [0, 0.05) is 22.5 Å². The van der Waals surface area contributed by atoms with Crippen molar-refractivity contribution in [2.24, 2.45) is 27.2 Å². The lowest BCUT2D eigenvalue weighted by Crippen LogP contribution is -2.47. The van der Waals surface area contributed by atoms with Gasteiger partial charge in [0.1, 0.15) is 0 Å². The van der Waals surface area contributed by atoms with Gasteiger partial charge in [-0.25, -0.2) is 0 Å². The molecular formula is C11H17N2O2-. The minimum absolute atomic E-state index is 0.179. The van der Waals surface area contributed by atoms with Crippen molar-refractivity contribution in [2.45, 2.75) is 40.0 Å². The summed E-state index contributed by atoms with van der Waals surface area (Å²) in [7, 11) is 0. The molecule has 0 amide bonds. The number of carbonyl (C=O) groups excluding carboxylic acids is 1. The summed E-state index contributed by atoms with van der Waals surface area (Å²) >= 11 is 0. The Labute approximate surface area is 89.5 Å². The van der Waals surface area contributed by atoms with Crippen LogP contribution >= 0.6 is 0 Å². The van der Waals surface area contributed by atoms with E-state index in [0.717, 1.165) is 12.1 Å². The number of carboxylic acid groups (broad SMARTS) is 1. The highest BCUT2D eigenvalue weighted by Crippen LogP contribution is 2.70. The first kappa shape index (κ1) is 10.5. The van der Waals surface area contributed by atoms with Gasteiger partial charge in [-0.05, 0) is 24.7 Å². The molecule has 2 aliphatic rings. The summed E-state index contributed by atoms with van der Waals surface area (Å²) < 4.78 is 0. The van der Waals surface area contributed by atoms with Crippen molar-refractivity contribution in [3.8, 4) is 0 Å². The van der Waals surface area contributed by atoms with Gasteiger partial charge in [0.15, 0.2) is 0 Å². The molecule has 0 aromatic rings. The topological polar surface area (TPSA) is 78.5 Å². The number of nitrogens with two attached hydrogens (primary N) is 1. The quantitative estimate of drug-likeness (QED) is 0.497. The van der Waals surface area contributed by atoms with Gasteiger partial charge in [-0.1, -0.05) is 20.8 Å². The molecule has 4 heteroatoms. The summed E-state index contributed by atoms with van der Waals surface area (Å²) in [5, 5.41) is 15.2. The van der Waals surface area contributed by atoms with Gasteiger partial charge in [0.05, 0.1) is 0 Å². The van der Waals surface area contributed by atoms with E-state index in [1.807, 2.05) is 13.8 Å². The van der Waals surface area contributed by atoms with Crippen LogP contribution in [0.2, 0.25) is 0 Å². The normalized spacial score (nSPS) is 44.9. The van der Waals surface area contributed by atoms with Crippen molar-refractivity contribution in [3.05, 3.63) is 0 Å². The minimum Gasteiger partial charge on any atom is -0.550 e. The van der Waals surface area contributed by atoms with Crippen molar-refractivity contribution >= 4 is 11.7 Å². The fraction of sp³-hybridized carbons (Fsp3) is 0.818. The van der Waals surface area contributed by atoms with E-state index in [1.54, 1.807) is 0 Å². The SMILES string of the molecule is CC12CCC(C(=O)[O-])(CC1=NN)C2(C)C. The van der Waals surface area contributed by atoms with E-state index in [1.165, 1.54) is 0 Å². The number of hydrogen-bond donors (Lipinski definition) is 1. The van der Waals surface area contributed by atoms with Crippen molar-refractivity contribution < 1.29 is 9.90 Å². The first-order valence-corrected chi connectivity index (χ1v) is 5.30. The zero-order valence-electron chi connectivity index (χ0n) is 9.46. The Kier molecular flexibility index (Phi) is 1.77. The third-order valence-electron chi connectivity index (χ3n) is 5.28. The lowest BCUT2D eigenvalue weighted by Gasteiger charge is -2.41. The van der Waals surface area contributed by atoms with E-state index in [9.17, 15) is 9.90 Å². The highest BCUT2D eigenvalue weighted by Gasteiger charge is 2.69. The first-order chi connectivity index (χ1) is 6.82. The maximum absolute atomic E-state index is 11.4. The van der Waals surface area contributed by atoms with Crippen LogP contribution in [0.15, 0.2) is 5.10 Å². The van der Waals surface area contributed by atoms with E-state index in [2.05, 4.69) is 12.0 Å². The molecule has 2 aliphatic carbocycles. The van der Waals surface area contributed by atoms with E-state index in [0.29, 0.717) is 12.8 Å². The molecule has 2 rings (SSSR count). The highest BCUT2D eigenvalue weighted by atomic mass is 16.4. The summed E-state index contributed by atoms with van der Waals surface area (Å²) in [5.74, 6) is 4.41. The molecule has 0 heterocycles. The second-order valence-electron chi connectivity index (χ2n) is 5.58. The van der Waals surface area contributed by atoms with Crippen molar-refractivity contribution in [1.82, 2.24) is 0 Å². The number of carboxylic acids is 1. The Morgan fingerprint density at radius 2 is 2.00 bits per heavy atom. The standard InChI is InChI=1S/C11H18N2O2/c1-9(2)10(3)4-5-11(9,8(14)15)6-7(10)13-12/h4-6,12H2,1-3H3,(H,14,15)/p-1. The Morgan fingerprint density at radius 1 is 1.40 bits per heavy atom. The molecule has 4 nitrogen and oxygen atoms in total. The molecule has 2 saturated carbocycles. The maximum atomic E-state index is 11.4. The largest absolute Gasteiger partial charge is 0.550 e. The number of carbonyl (C=O) groups is 1. The molecule has 15 heavy (non-hydrogen) atoms. The molecule has 84 valence electrons. The molecule has 2 atom stereocenters. The second kappa shape index (κ2) is 2.54. The Bertz CT molecular complexity index is 362. The number of hydrogen-bond acceptors (Lipinski definition) is 4. The fourth-order valence-electron chi connectivity index (χ4n) is 3.53. The van der Waals surface area contributed by atoms with Crippen molar-refractivity contribution in [3.63, 3.8) is 0 Å². The number of hydrazone groups is 1. The van der Waals surface area contributed by atoms with Gasteiger partial charge in [0.2, 0.25) is 0 Å². The first-order valence-electron chi connectivity index (χ1n) is 5.30. The van der Waals surface area contributed by atoms with E-state index in [-0.39, 0.29) is 10.8 Å². The summed E-state index contributed by atoms with van der Waals surface area (Å²) in [6, 6.07) is 0. The summed E-state index contributed by atoms with van der Waals surface area (Å²) in [6.45, 7) is 6.05. The molecular weight excluding hydrogens is 192 g/mol. The second-order valence-corrected chi connectivity index (χ2v) is 5.58. The van der Waals surface area contributed by atoms with Gasteiger partial charge >= 0.3 is 0 Å². The zero-order chi connectivity index (χ0) is 11.5. The minimum atomic E-state index is -0.949. The molecule has 0 aromatic carbocycles. The molecule has 2 fully saturated rings. The Balaban J connectivity index is 2.61. The number of nitrogens with zero attached hydrogens (tertiary/aromatic N) is 1. The Hall–Kier alpha value is -1.06. The zero-order valence-corrected chi connectivity index (χ0v) is 9.46. The van der Waals surface area contributed by atoms with Gasteiger partial charge in [-0.3, -0.25) is 0 Å². The molecule has 2 unspecified atom stereocenters. The number of fused-ring (bicyclic) bond motifs is 2. The lowest BCUT2D eigenvalue weighted by atomic mass is 9.65. The van der Waals surface area contributed by atoms with Crippen LogP contribution in [0.3, 0.4) is 0 Å². The van der Waals surface area contributed by atoms with Crippen LogP contribution in [-0.4, -0.2) is 11.7 Å². The van der Waals surface area contributed by atoms with Crippen molar-refractivity contribution in [1.29, 1.82) is 0 Å². The van der Waals surface area contributed by atoms with Crippen molar-refractivity contribution in [2.75, 3.05) is 0 Å². The van der Waals surface area contributed by atoms with Gasteiger partial charge < -0.3 is 15.7 Å². The number of rotatable bonds is 1. The van der Waals surface area contributed by atoms with Gasteiger partial charge in [-0.2, -0.15) is 5.10 Å².